The summed E-state index contributed by atoms with van der Waals surface area (Å²) in [5.41, 5.74) is -1.12. The third-order valence-corrected chi connectivity index (χ3v) is 5.01. The number of rotatable bonds is 4. The number of alkyl halides is 2. The van der Waals surface area contributed by atoms with E-state index in [0.717, 1.165) is 19.3 Å². The van der Waals surface area contributed by atoms with Gasteiger partial charge in [0.2, 0.25) is 0 Å². The van der Waals surface area contributed by atoms with Crippen LogP contribution in [-0.4, -0.2) is 10.5 Å². The molecule has 0 nitrogen and oxygen atoms in total. The fourth-order valence-electron chi connectivity index (χ4n) is 2.91. The van der Waals surface area contributed by atoms with Crippen LogP contribution >= 0.6 is 15.9 Å². The predicted octanol–water partition coefficient (Wildman–Crippen LogP) is 5.44. The van der Waals surface area contributed by atoms with Crippen molar-refractivity contribution in [2.75, 3.05) is 0 Å². The second-order valence-electron chi connectivity index (χ2n) is 5.29. The third-order valence-electron chi connectivity index (χ3n) is 4.04. The van der Waals surface area contributed by atoms with Gasteiger partial charge in [-0.15, -0.1) is 0 Å². The summed E-state index contributed by atoms with van der Waals surface area (Å²) in [6.45, 7) is 6.27. The topological polar surface area (TPSA) is 0 Å². The molecule has 102 valence electrons. The molecule has 3 atom stereocenters. The first-order chi connectivity index (χ1) is 9.05. The van der Waals surface area contributed by atoms with Gasteiger partial charge >= 0.3 is 0 Å². The first-order valence-corrected chi connectivity index (χ1v) is 7.70. The Kier molecular flexibility index (Phi) is 4.29. The Morgan fingerprint density at radius 3 is 2.63 bits per heavy atom. The molecule has 2 aliphatic rings. The van der Waals surface area contributed by atoms with Gasteiger partial charge in [-0.1, -0.05) is 78.4 Å². The molecule has 0 spiro atoms. The number of halogens is 2. The Labute approximate surface area is 123 Å². The van der Waals surface area contributed by atoms with E-state index in [1.807, 2.05) is 24.3 Å². The van der Waals surface area contributed by atoms with Crippen molar-refractivity contribution >= 4 is 15.9 Å². The van der Waals surface area contributed by atoms with Crippen molar-refractivity contribution in [1.82, 2.24) is 0 Å². The van der Waals surface area contributed by atoms with Crippen LogP contribution in [0.2, 0.25) is 0 Å². The van der Waals surface area contributed by atoms with E-state index in [2.05, 4.69) is 41.6 Å². The fraction of sp³-hybridized carbons (Fsp3) is 0.412. The standard InChI is InChI=1S/C17H20BrF/c1-3-10-16(11-6-4-7-12-16)14(2)17(19)13-8-5-9-15(17)18/h4-9,11,13,15H,2-3,10,12H2,1H3. The van der Waals surface area contributed by atoms with Gasteiger partial charge in [-0.05, 0) is 24.5 Å². The molecule has 0 saturated carbocycles. The summed E-state index contributed by atoms with van der Waals surface area (Å²) >= 11 is 3.44. The molecule has 2 heteroatoms. The summed E-state index contributed by atoms with van der Waals surface area (Å²) in [6.07, 6.45) is 18.1. The second kappa shape index (κ2) is 5.62. The Bertz CT molecular complexity index is 472. The third kappa shape index (κ3) is 2.55. The highest BCUT2D eigenvalue weighted by Crippen LogP contribution is 2.49. The van der Waals surface area contributed by atoms with Crippen molar-refractivity contribution in [2.45, 2.75) is 36.7 Å². The van der Waals surface area contributed by atoms with Crippen LogP contribution in [0.3, 0.4) is 0 Å². The van der Waals surface area contributed by atoms with Gasteiger partial charge in [0.05, 0.1) is 4.83 Å². The zero-order valence-electron chi connectivity index (χ0n) is 11.3. The van der Waals surface area contributed by atoms with Gasteiger partial charge < -0.3 is 0 Å². The summed E-state index contributed by atoms with van der Waals surface area (Å²) in [5.74, 6) is 0. The SMILES string of the molecule is C=C(C1(CCC)C=CC=CC1)C1(F)C=CC=CC1Br. The quantitative estimate of drug-likeness (QED) is 0.477. The monoisotopic (exact) mass is 322 g/mol. The Balaban J connectivity index is 2.35. The van der Waals surface area contributed by atoms with Gasteiger partial charge in [0.1, 0.15) is 0 Å². The van der Waals surface area contributed by atoms with Crippen LogP contribution in [0.1, 0.15) is 26.2 Å². The summed E-state index contributed by atoms with van der Waals surface area (Å²) in [6, 6.07) is 0. The van der Waals surface area contributed by atoms with Crippen LogP contribution in [-0.2, 0) is 0 Å². The van der Waals surface area contributed by atoms with E-state index in [9.17, 15) is 0 Å². The maximum atomic E-state index is 15.4. The van der Waals surface area contributed by atoms with Crippen LogP contribution < -0.4 is 0 Å². The minimum absolute atomic E-state index is 0.264. The Hall–Kier alpha value is -0.890. The molecule has 0 aromatic carbocycles. The fourth-order valence-corrected chi connectivity index (χ4v) is 3.51. The molecule has 3 unspecified atom stereocenters. The van der Waals surface area contributed by atoms with Gasteiger partial charge in [-0.2, -0.15) is 0 Å². The molecule has 0 bridgehead atoms. The van der Waals surface area contributed by atoms with E-state index in [4.69, 9.17) is 0 Å². The molecular weight excluding hydrogens is 303 g/mol. The van der Waals surface area contributed by atoms with Crippen LogP contribution in [0.25, 0.3) is 0 Å². The lowest BCUT2D eigenvalue weighted by atomic mass is 9.66. The highest BCUT2D eigenvalue weighted by Gasteiger charge is 2.46. The zero-order chi connectivity index (χ0) is 13.9. The molecule has 0 aromatic heterocycles. The van der Waals surface area contributed by atoms with Crippen LogP contribution in [0, 0.1) is 5.41 Å². The largest absolute Gasteiger partial charge is 0.233 e. The van der Waals surface area contributed by atoms with Crippen LogP contribution in [0.5, 0.6) is 0 Å². The maximum Gasteiger partial charge on any atom is 0.167 e. The van der Waals surface area contributed by atoms with Crippen molar-refractivity contribution in [1.29, 1.82) is 0 Å². The molecule has 2 aliphatic carbocycles. The molecular formula is C17H20BrF. The molecule has 0 aliphatic heterocycles. The van der Waals surface area contributed by atoms with Gasteiger partial charge in [-0.3, -0.25) is 0 Å². The predicted molar refractivity (Wildman–Crippen MR) is 84.2 cm³/mol. The first-order valence-electron chi connectivity index (χ1n) is 6.78. The Morgan fingerprint density at radius 2 is 2.05 bits per heavy atom. The molecule has 2 rings (SSSR count). The van der Waals surface area contributed by atoms with Gasteiger partial charge in [0, 0.05) is 5.41 Å². The van der Waals surface area contributed by atoms with E-state index in [0.29, 0.717) is 5.57 Å². The van der Waals surface area contributed by atoms with Crippen molar-refractivity contribution in [3.8, 4) is 0 Å². The average molecular weight is 323 g/mol. The smallest absolute Gasteiger partial charge is 0.167 e. The highest BCUT2D eigenvalue weighted by molar-refractivity contribution is 9.09. The van der Waals surface area contributed by atoms with Gasteiger partial charge in [0.15, 0.2) is 5.67 Å². The van der Waals surface area contributed by atoms with Crippen LogP contribution in [0.4, 0.5) is 4.39 Å². The van der Waals surface area contributed by atoms with Crippen molar-refractivity contribution < 1.29 is 4.39 Å². The minimum atomic E-state index is -1.51. The molecule has 0 fully saturated rings. The van der Waals surface area contributed by atoms with E-state index in [1.165, 1.54) is 0 Å². The molecule has 0 saturated heterocycles. The van der Waals surface area contributed by atoms with Crippen molar-refractivity contribution in [3.05, 3.63) is 60.8 Å². The first kappa shape index (κ1) is 14.5. The molecule has 0 amide bonds. The molecule has 0 N–H and O–H groups in total. The molecule has 0 radical (unpaired) electrons. The Morgan fingerprint density at radius 1 is 1.32 bits per heavy atom. The van der Waals surface area contributed by atoms with E-state index in [-0.39, 0.29) is 10.2 Å². The molecule has 0 aromatic rings. The van der Waals surface area contributed by atoms with E-state index in [1.54, 1.807) is 12.2 Å². The van der Waals surface area contributed by atoms with Crippen molar-refractivity contribution in [3.63, 3.8) is 0 Å². The highest BCUT2D eigenvalue weighted by atomic mass is 79.9. The molecule has 0 heterocycles. The van der Waals surface area contributed by atoms with E-state index >= 15 is 4.39 Å². The maximum absolute atomic E-state index is 15.4. The van der Waals surface area contributed by atoms with Crippen LogP contribution in [0.15, 0.2) is 60.8 Å². The van der Waals surface area contributed by atoms with Crippen molar-refractivity contribution in [2.24, 2.45) is 5.41 Å². The lowest BCUT2D eigenvalue weighted by Gasteiger charge is -2.41. The lowest BCUT2D eigenvalue weighted by Crippen LogP contribution is -2.41. The number of allylic oxidation sites excluding steroid dienone is 9. The number of hydrogen-bond acceptors (Lipinski definition) is 0. The summed E-state index contributed by atoms with van der Waals surface area (Å²) < 4.78 is 15.4. The van der Waals surface area contributed by atoms with Gasteiger partial charge in [0.25, 0.3) is 0 Å². The number of hydrogen-bond donors (Lipinski definition) is 0. The van der Waals surface area contributed by atoms with E-state index < -0.39 is 5.67 Å². The van der Waals surface area contributed by atoms with Gasteiger partial charge in [-0.25, -0.2) is 4.39 Å². The summed E-state index contributed by atoms with van der Waals surface area (Å²) in [5, 5.41) is 0. The minimum Gasteiger partial charge on any atom is -0.233 e. The normalized spacial score (nSPS) is 36.7. The molecule has 19 heavy (non-hydrogen) atoms. The average Bonchev–Trinajstić information content (AvgIpc) is 2.43. The second-order valence-corrected chi connectivity index (χ2v) is 6.28. The zero-order valence-corrected chi connectivity index (χ0v) is 12.9. The summed E-state index contributed by atoms with van der Waals surface area (Å²) in [7, 11) is 0. The summed E-state index contributed by atoms with van der Waals surface area (Å²) in [4.78, 5) is -0.342. The lowest BCUT2D eigenvalue weighted by molar-refractivity contribution is 0.235.